The van der Waals surface area contributed by atoms with Crippen LogP contribution in [-0.4, -0.2) is 11.7 Å². The Bertz CT molecular complexity index is 594. The molecule has 0 aliphatic carbocycles. The third-order valence-corrected chi connectivity index (χ3v) is 3.30. The summed E-state index contributed by atoms with van der Waals surface area (Å²) in [6.07, 6.45) is -1.22. The third-order valence-electron chi connectivity index (χ3n) is 3.30. The van der Waals surface area contributed by atoms with Crippen LogP contribution in [0.15, 0.2) is 42.5 Å². The van der Waals surface area contributed by atoms with Crippen LogP contribution >= 0.6 is 0 Å². The van der Waals surface area contributed by atoms with Gasteiger partial charge in [-0.05, 0) is 29.7 Å². The minimum atomic E-state index is -1.22. The highest BCUT2D eigenvalue weighted by molar-refractivity contribution is 5.29. The Labute approximate surface area is 123 Å². The van der Waals surface area contributed by atoms with Gasteiger partial charge in [0.05, 0.1) is 0 Å². The first kappa shape index (κ1) is 15.4. The Morgan fingerprint density at radius 3 is 2.33 bits per heavy atom. The zero-order valence-electron chi connectivity index (χ0n) is 12.0. The first-order valence-electron chi connectivity index (χ1n) is 6.83. The largest absolute Gasteiger partial charge is 0.491 e. The van der Waals surface area contributed by atoms with E-state index in [1.807, 2.05) is 12.1 Å². The first-order chi connectivity index (χ1) is 9.99. The summed E-state index contributed by atoms with van der Waals surface area (Å²) in [5.74, 6) is -1.02. The molecule has 0 fully saturated rings. The molecule has 112 valence electrons. The molecule has 1 atom stereocenters. The molecule has 0 amide bonds. The van der Waals surface area contributed by atoms with Gasteiger partial charge in [-0.1, -0.05) is 38.1 Å². The van der Waals surface area contributed by atoms with Gasteiger partial charge in [-0.25, -0.2) is 8.78 Å². The number of halogens is 2. The van der Waals surface area contributed by atoms with E-state index in [2.05, 4.69) is 13.8 Å². The molecule has 2 nitrogen and oxygen atoms in total. The second-order valence-corrected chi connectivity index (χ2v) is 5.19. The van der Waals surface area contributed by atoms with Gasteiger partial charge in [0.1, 0.15) is 18.5 Å². The van der Waals surface area contributed by atoms with Crippen molar-refractivity contribution >= 4 is 0 Å². The zero-order chi connectivity index (χ0) is 15.4. The summed E-state index contributed by atoms with van der Waals surface area (Å²) in [7, 11) is 0. The molecule has 2 aromatic rings. The molecule has 2 rings (SSSR count). The van der Waals surface area contributed by atoms with Crippen molar-refractivity contribution in [2.75, 3.05) is 6.61 Å². The predicted octanol–water partition coefficient (Wildman–Crippen LogP) is 4.20. The van der Waals surface area contributed by atoms with Crippen molar-refractivity contribution in [3.8, 4) is 5.75 Å². The standard InChI is InChI=1S/C17H18F2O2/c1-11(2)12-6-8-13(9-7-12)21-10-16(20)14-4-3-5-15(18)17(14)19/h3-9,11,16,20H,10H2,1-2H3. The molecule has 0 bridgehead atoms. The fourth-order valence-corrected chi connectivity index (χ4v) is 1.99. The highest BCUT2D eigenvalue weighted by Gasteiger charge is 2.16. The second-order valence-electron chi connectivity index (χ2n) is 5.19. The molecule has 4 heteroatoms. The van der Waals surface area contributed by atoms with Crippen LogP contribution in [0.1, 0.15) is 37.0 Å². The van der Waals surface area contributed by atoms with Gasteiger partial charge >= 0.3 is 0 Å². The van der Waals surface area contributed by atoms with Gasteiger partial charge in [-0.2, -0.15) is 0 Å². The monoisotopic (exact) mass is 292 g/mol. The van der Waals surface area contributed by atoms with E-state index in [0.717, 1.165) is 6.07 Å². The molecule has 0 heterocycles. The molecular weight excluding hydrogens is 274 g/mol. The van der Waals surface area contributed by atoms with Crippen LogP contribution in [-0.2, 0) is 0 Å². The maximum Gasteiger partial charge on any atom is 0.164 e. The molecule has 0 aliphatic rings. The quantitative estimate of drug-likeness (QED) is 0.895. The highest BCUT2D eigenvalue weighted by Crippen LogP contribution is 2.22. The van der Waals surface area contributed by atoms with Gasteiger partial charge in [-0.15, -0.1) is 0 Å². The first-order valence-corrected chi connectivity index (χ1v) is 6.83. The second kappa shape index (κ2) is 6.68. The van der Waals surface area contributed by atoms with E-state index in [1.54, 1.807) is 12.1 Å². The van der Waals surface area contributed by atoms with E-state index in [0.29, 0.717) is 11.7 Å². The average molecular weight is 292 g/mol. The Morgan fingerprint density at radius 2 is 1.71 bits per heavy atom. The van der Waals surface area contributed by atoms with Crippen molar-refractivity contribution in [2.24, 2.45) is 0 Å². The summed E-state index contributed by atoms with van der Waals surface area (Å²) in [5, 5.41) is 9.90. The third kappa shape index (κ3) is 3.79. The molecule has 0 saturated carbocycles. The molecule has 21 heavy (non-hydrogen) atoms. The maximum absolute atomic E-state index is 13.5. The molecule has 0 spiro atoms. The van der Waals surface area contributed by atoms with E-state index < -0.39 is 17.7 Å². The number of hydrogen-bond donors (Lipinski definition) is 1. The lowest BCUT2D eigenvalue weighted by molar-refractivity contribution is 0.104. The number of benzene rings is 2. The number of rotatable bonds is 5. The van der Waals surface area contributed by atoms with Crippen molar-refractivity contribution in [2.45, 2.75) is 25.9 Å². The lowest BCUT2D eigenvalue weighted by Crippen LogP contribution is -2.12. The fourth-order valence-electron chi connectivity index (χ4n) is 1.99. The topological polar surface area (TPSA) is 29.5 Å². The van der Waals surface area contributed by atoms with Gasteiger partial charge in [0, 0.05) is 5.56 Å². The molecule has 0 aliphatic heterocycles. The van der Waals surface area contributed by atoms with Gasteiger partial charge in [-0.3, -0.25) is 0 Å². The minimum absolute atomic E-state index is 0.103. The lowest BCUT2D eigenvalue weighted by Gasteiger charge is -2.14. The molecule has 0 saturated heterocycles. The van der Waals surface area contributed by atoms with Crippen LogP contribution in [0.5, 0.6) is 5.75 Å². The van der Waals surface area contributed by atoms with E-state index in [4.69, 9.17) is 4.74 Å². The van der Waals surface area contributed by atoms with E-state index in [1.165, 1.54) is 17.7 Å². The molecule has 0 radical (unpaired) electrons. The molecule has 0 aromatic heterocycles. The molecular formula is C17H18F2O2. The van der Waals surface area contributed by atoms with Gasteiger partial charge < -0.3 is 9.84 Å². The summed E-state index contributed by atoms with van der Waals surface area (Å²) in [6.45, 7) is 4.04. The van der Waals surface area contributed by atoms with E-state index in [9.17, 15) is 13.9 Å². The number of ether oxygens (including phenoxy) is 1. The van der Waals surface area contributed by atoms with E-state index >= 15 is 0 Å². The summed E-state index contributed by atoms with van der Waals surface area (Å²) >= 11 is 0. The van der Waals surface area contributed by atoms with Crippen molar-refractivity contribution in [1.82, 2.24) is 0 Å². The SMILES string of the molecule is CC(C)c1ccc(OCC(O)c2cccc(F)c2F)cc1. The minimum Gasteiger partial charge on any atom is -0.491 e. The van der Waals surface area contributed by atoms with Gasteiger partial charge in [0.15, 0.2) is 11.6 Å². The van der Waals surface area contributed by atoms with Crippen LogP contribution in [0.4, 0.5) is 8.78 Å². The van der Waals surface area contributed by atoms with Crippen LogP contribution in [0, 0.1) is 11.6 Å². The molecule has 1 unspecified atom stereocenters. The predicted molar refractivity (Wildman–Crippen MR) is 77.3 cm³/mol. The molecule has 1 N–H and O–H groups in total. The average Bonchev–Trinajstić information content (AvgIpc) is 2.48. The summed E-state index contributed by atoms with van der Waals surface area (Å²) < 4.78 is 32.0. The Hall–Kier alpha value is -1.94. The number of hydrogen-bond acceptors (Lipinski definition) is 2. The highest BCUT2D eigenvalue weighted by atomic mass is 19.2. The zero-order valence-corrected chi connectivity index (χ0v) is 12.0. The normalized spacial score (nSPS) is 12.5. The fraction of sp³-hybridized carbons (Fsp3) is 0.294. The Morgan fingerprint density at radius 1 is 1.05 bits per heavy atom. The summed E-state index contributed by atoms with van der Waals surface area (Å²) in [5.41, 5.74) is 1.08. The summed E-state index contributed by atoms with van der Waals surface area (Å²) in [6, 6.07) is 11.2. The van der Waals surface area contributed by atoms with Crippen molar-refractivity contribution in [3.63, 3.8) is 0 Å². The number of aliphatic hydroxyl groups is 1. The Kier molecular flexibility index (Phi) is 4.91. The lowest BCUT2D eigenvalue weighted by atomic mass is 10.0. The van der Waals surface area contributed by atoms with Crippen molar-refractivity contribution in [3.05, 3.63) is 65.2 Å². The molecule has 2 aromatic carbocycles. The van der Waals surface area contributed by atoms with Gasteiger partial charge in [0.25, 0.3) is 0 Å². The van der Waals surface area contributed by atoms with Crippen LogP contribution in [0.2, 0.25) is 0 Å². The van der Waals surface area contributed by atoms with E-state index in [-0.39, 0.29) is 12.2 Å². The van der Waals surface area contributed by atoms with Crippen molar-refractivity contribution < 1.29 is 18.6 Å². The summed E-state index contributed by atoms with van der Waals surface area (Å²) in [4.78, 5) is 0. The maximum atomic E-state index is 13.5. The smallest absolute Gasteiger partial charge is 0.164 e. The number of aliphatic hydroxyl groups excluding tert-OH is 1. The van der Waals surface area contributed by atoms with Crippen molar-refractivity contribution in [1.29, 1.82) is 0 Å². The van der Waals surface area contributed by atoms with Gasteiger partial charge in [0.2, 0.25) is 0 Å². The Balaban J connectivity index is 2.00. The van der Waals surface area contributed by atoms with Crippen LogP contribution in [0.3, 0.4) is 0 Å². The van der Waals surface area contributed by atoms with Crippen LogP contribution in [0.25, 0.3) is 0 Å². The van der Waals surface area contributed by atoms with Crippen LogP contribution < -0.4 is 4.74 Å².